The van der Waals surface area contributed by atoms with E-state index < -0.39 is 11.7 Å². The molecule has 7 nitrogen and oxygen atoms in total. The Morgan fingerprint density at radius 2 is 1.79 bits per heavy atom. The van der Waals surface area contributed by atoms with Gasteiger partial charge in [0.2, 0.25) is 0 Å². The highest BCUT2D eigenvalue weighted by atomic mass is 19.1. The summed E-state index contributed by atoms with van der Waals surface area (Å²) >= 11 is 0. The minimum absolute atomic E-state index is 0.0585. The van der Waals surface area contributed by atoms with E-state index in [1.54, 1.807) is 30.3 Å². The highest BCUT2D eigenvalue weighted by Crippen LogP contribution is 2.38. The number of carbonyl (C=O) groups is 2. The van der Waals surface area contributed by atoms with Crippen LogP contribution >= 0.6 is 0 Å². The van der Waals surface area contributed by atoms with E-state index in [1.165, 1.54) is 18.2 Å². The first kappa shape index (κ1) is 21.6. The molecule has 1 aliphatic heterocycles. The highest BCUT2D eigenvalue weighted by molar-refractivity contribution is 6.20. The summed E-state index contributed by atoms with van der Waals surface area (Å²) in [6.07, 6.45) is 0. The van der Waals surface area contributed by atoms with Crippen LogP contribution in [0.15, 0.2) is 48.5 Å². The zero-order chi connectivity index (χ0) is 24.0. The molecule has 0 atom stereocenters. The lowest BCUT2D eigenvalue weighted by molar-refractivity contribution is 0.0664. The normalized spacial score (nSPS) is 14.4. The Balaban J connectivity index is 1.70. The van der Waals surface area contributed by atoms with Gasteiger partial charge in [-0.2, -0.15) is 5.26 Å². The smallest absolute Gasteiger partial charge is 0.254 e. The number of halogens is 1. The fraction of sp³-hybridized carbons (Fsp3) is 0.192. The predicted molar refractivity (Wildman–Crippen MR) is 128 cm³/mol. The molecule has 2 heterocycles. The van der Waals surface area contributed by atoms with E-state index in [0.717, 1.165) is 18.5 Å². The summed E-state index contributed by atoms with van der Waals surface area (Å²) in [6.45, 7) is 2.95. The van der Waals surface area contributed by atoms with Crippen LogP contribution in [0.25, 0.3) is 32.9 Å². The molecule has 0 saturated carbocycles. The maximum atomic E-state index is 14.8. The Morgan fingerprint density at radius 3 is 2.50 bits per heavy atom. The van der Waals surface area contributed by atoms with Gasteiger partial charge in [0.05, 0.1) is 22.7 Å². The molecule has 0 radical (unpaired) electrons. The number of H-pyrrole nitrogens is 1. The fourth-order valence-electron chi connectivity index (χ4n) is 4.57. The summed E-state index contributed by atoms with van der Waals surface area (Å²) in [5.41, 5.74) is 8.61. The molecule has 4 aromatic rings. The van der Waals surface area contributed by atoms with Gasteiger partial charge in [-0.3, -0.25) is 9.59 Å². The van der Waals surface area contributed by atoms with Crippen LogP contribution in [0.4, 0.5) is 4.39 Å². The number of hydrogen-bond acceptors (Lipinski definition) is 4. The Hall–Kier alpha value is -4.22. The number of likely N-dealkylation sites (N-methyl/N-ethyl adjacent to an activating group) is 1. The number of aromatic nitrogens is 1. The maximum absolute atomic E-state index is 14.8. The van der Waals surface area contributed by atoms with Crippen LogP contribution in [0.3, 0.4) is 0 Å². The predicted octanol–water partition coefficient (Wildman–Crippen LogP) is 3.49. The molecule has 2 amide bonds. The van der Waals surface area contributed by atoms with Crippen molar-refractivity contribution in [3.8, 4) is 17.2 Å². The number of aromatic amines is 1. The van der Waals surface area contributed by atoms with Crippen molar-refractivity contribution >= 4 is 33.6 Å². The zero-order valence-electron chi connectivity index (χ0n) is 18.6. The molecule has 170 valence electrons. The Labute approximate surface area is 195 Å². The summed E-state index contributed by atoms with van der Waals surface area (Å²) in [5, 5.41) is 10.6. The number of amides is 2. The molecule has 0 spiro atoms. The minimum Gasteiger partial charge on any atom is -0.366 e. The van der Waals surface area contributed by atoms with Crippen molar-refractivity contribution < 1.29 is 14.0 Å². The van der Waals surface area contributed by atoms with Crippen molar-refractivity contribution in [1.82, 2.24) is 14.8 Å². The summed E-state index contributed by atoms with van der Waals surface area (Å²) in [5.74, 6) is -1.16. The van der Waals surface area contributed by atoms with Gasteiger partial charge in [-0.15, -0.1) is 0 Å². The van der Waals surface area contributed by atoms with Crippen LogP contribution < -0.4 is 5.73 Å². The van der Waals surface area contributed by atoms with Crippen molar-refractivity contribution in [2.45, 2.75) is 0 Å². The van der Waals surface area contributed by atoms with Gasteiger partial charge in [0, 0.05) is 53.6 Å². The van der Waals surface area contributed by atoms with Crippen LogP contribution in [-0.4, -0.2) is 59.8 Å². The second-order valence-electron chi connectivity index (χ2n) is 8.56. The van der Waals surface area contributed by atoms with E-state index in [4.69, 9.17) is 5.73 Å². The molecule has 5 rings (SSSR count). The van der Waals surface area contributed by atoms with Crippen molar-refractivity contribution in [3.05, 3.63) is 71.0 Å². The van der Waals surface area contributed by atoms with E-state index in [9.17, 15) is 19.2 Å². The summed E-state index contributed by atoms with van der Waals surface area (Å²) in [4.78, 5) is 32.4. The standard InChI is InChI=1S/C26H22FN5O2/c1-31-8-10-32(11-9-31)26(34)16-3-4-18-22(13-16)30-24-19(25(29)33)6-5-17(23(18)24)20-12-15(14-28)2-7-21(20)27/h2-7,12-13,30H,8-11H2,1H3,(H2,29,33). The van der Waals surface area contributed by atoms with E-state index in [2.05, 4.69) is 9.88 Å². The van der Waals surface area contributed by atoms with Crippen LogP contribution in [0.2, 0.25) is 0 Å². The van der Waals surface area contributed by atoms with Crippen LogP contribution in [0, 0.1) is 17.1 Å². The van der Waals surface area contributed by atoms with Gasteiger partial charge in [0.15, 0.2) is 0 Å². The molecule has 1 aromatic heterocycles. The average molecular weight is 455 g/mol. The Bertz CT molecular complexity index is 1510. The first-order chi connectivity index (χ1) is 16.4. The van der Waals surface area contributed by atoms with Gasteiger partial charge >= 0.3 is 0 Å². The molecule has 0 aliphatic carbocycles. The highest BCUT2D eigenvalue weighted by Gasteiger charge is 2.23. The number of nitrogens with zero attached hydrogens (tertiary/aromatic N) is 3. The maximum Gasteiger partial charge on any atom is 0.254 e. The molecule has 0 bridgehead atoms. The summed E-state index contributed by atoms with van der Waals surface area (Å²) in [6, 6.07) is 14.7. The molecule has 3 aromatic carbocycles. The number of nitrogens with two attached hydrogens (primary N) is 1. The number of fused-ring (bicyclic) bond motifs is 3. The second-order valence-corrected chi connectivity index (χ2v) is 8.56. The molecular weight excluding hydrogens is 433 g/mol. The van der Waals surface area contributed by atoms with Gasteiger partial charge in [-0.05, 0) is 49.0 Å². The monoisotopic (exact) mass is 455 g/mol. The van der Waals surface area contributed by atoms with E-state index in [-0.39, 0.29) is 17.0 Å². The number of piperazine rings is 1. The number of nitriles is 1. The lowest BCUT2D eigenvalue weighted by Crippen LogP contribution is -2.47. The van der Waals surface area contributed by atoms with Crippen molar-refractivity contribution in [2.24, 2.45) is 5.73 Å². The number of benzene rings is 3. The van der Waals surface area contributed by atoms with Crippen LogP contribution in [-0.2, 0) is 0 Å². The number of carbonyl (C=O) groups excluding carboxylic acids is 2. The number of hydrogen-bond donors (Lipinski definition) is 2. The van der Waals surface area contributed by atoms with Crippen LogP contribution in [0.1, 0.15) is 26.3 Å². The molecule has 1 fully saturated rings. The SMILES string of the molecule is CN1CCN(C(=O)c2ccc3c(c2)[nH]c2c(C(N)=O)ccc(-c4cc(C#N)ccc4F)c23)CC1. The lowest BCUT2D eigenvalue weighted by atomic mass is 9.95. The van der Waals surface area contributed by atoms with Crippen molar-refractivity contribution in [1.29, 1.82) is 5.26 Å². The fourth-order valence-corrected chi connectivity index (χ4v) is 4.57. The number of nitrogens with one attached hydrogen (secondary N) is 1. The summed E-state index contributed by atoms with van der Waals surface area (Å²) < 4.78 is 14.8. The van der Waals surface area contributed by atoms with E-state index >= 15 is 0 Å². The van der Waals surface area contributed by atoms with Crippen molar-refractivity contribution in [2.75, 3.05) is 33.2 Å². The van der Waals surface area contributed by atoms with E-state index in [1.807, 2.05) is 18.0 Å². The number of primary amides is 1. The Kier molecular flexibility index (Phi) is 5.27. The molecule has 3 N–H and O–H groups in total. The van der Waals surface area contributed by atoms with Gasteiger partial charge in [0.25, 0.3) is 11.8 Å². The van der Waals surface area contributed by atoms with Gasteiger partial charge < -0.3 is 20.5 Å². The quantitative estimate of drug-likeness (QED) is 0.493. The third-order valence-corrected chi connectivity index (χ3v) is 6.44. The molecule has 8 heteroatoms. The molecule has 1 saturated heterocycles. The molecule has 1 aliphatic rings. The first-order valence-corrected chi connectivity index (χ1v) is 10.9. The van der Waals surface area contributed by atoms with Crippen molar-refractivity contribution in [3.63, 3.8) is 0 Å². The molecule has 0 unspecified atom stereocenters. The summed E-state index contributed by atoms with van der Waals surface area (Å²) in [7, 11) is 2.03. The first-order valence-electron chi connectivity index (χ1n) is 10.9. The molecular formula is C26H22FN5O2. The Morgan fingerprint density at radius 1 is 1.03 bits per heavy atom. The van der Waals surface area contributed by atoms with Crippen LogP contribution in [0.5, 0.6) is 0 Å². The van der Waals surface area contributed by atoms with Gasteiger partial charge in [-0.1, -0.05) is 12.1 Å². The van der Waals surface area contributed by atoms with Gasteiger partial charge in [-0.25, -0.2) is 4.39 Å². The topological polar surface area (TPSA) is 106 Å². The lowest BCUT2D eigenvalue weighted by Gasteiger charge is -2.32. The third kappa shape index (κ3) is 3.56. The van der Waals surface area contributed by atoms with Gasteiger partial charge in [0.1, 0.15) is 5.82 Å². The average Bonchev–Trinajstić information content (AvgIpc) is 3.22. The largest absolute Gasteiger partial charge is 0.366 e. The second kappa shape index (κ2) is 8.28. The van der Waals surface area contributed by atoms with E-state index in [0.29, 0.717) is 46.2 Å². The third-order valence-electron chi connectivity index (χ3n) is 6.44. The number of rotatable bonds is 3. The zero-order valence-corrected chi connectivity index (χ0v) is 18.6. The molecule has 34 heavy (non-hydrogen) atoms. The minimum atomic E-state index is -0.622.